The Morgan fingerprint density at radius 3 is 2.94 bits per heavy atom. The molecule has 1 aromatic carbocycles. The number of amides is 2. The summed E-state index contributed by atoms with van der Waals surface area (Å²) < 4.78 is 6.49. The predicted molar refractivity (Wildman–Crippen MR) is 60.7 cm³/mol. The highest BCUT2D eigenvalue weighted by Gasteiger charge is 2.22. The molecule has 2 heterocycles. The van der Waals surface area contributed by atoms with Gasteiger partial charge in [0.15, 0.2) is 5.58 Å². The molecule has 3 rings (SSSR count). The second-order valence-electron chi connectivity index (χ2n) is 4.06. The fourth-order valence-electron chi connectivity index (χ4n) is 2.02. The van der Waals surface area contributed by atoms with Crippen molar-refractivity contribution in [2.75, 3.05) is 6.54 Å². The molecule has 0 aliphatic carbocycles. The van der Waals surface area contributed by atoms with Gasteiger partial charge in [0.1, 0.15) is 0 Å². The summed E-state index contributed by atoms with van der Waals surface area (Å²) in [7, 11) is 1.66. The third kappa shape index (κ3) is 1.49. The Labute approximate surface area is 96.2 Å². The van der Waals surface area contributed by atoms with Crippen LogP contribution in [0, 0.1) is 0 Å². The molecule has 2 amide bonds. The first-order valence-corrected chi connectivity index (χ1v) is 5.29. The average molecular weight is 233 g/mol. The minimum Gasteiger partial charge on any atom is -0.408 e. The van der Waals surface area contributed by atoms with Crippen LogP contribution in [-0.2, 0) is 7.05 Å². The maximum absolute atomic E-state index is 11.3. The molecule has 0 radical (unpaired) electrons. The molecule has 1 aliphatic heterocycles. The lowest BCUT2D eigenvalue weighted by Gasteiger charge is -2.08. The maximum Gasteiger partial charge on any atom is 0.419 e. The standard InChI is InChI=1S/C11H11N3O3/c1-14-8-4-6(7-5-12-10(15)13-7)2-3-9(8)17-11(14)16/h2-4,7H,5H2,1H3,(H2,12,13,15). The maximum atomic E-state index is 11.3. The first kappa shape index (κ1) is 9.95. The number of hydrogen-bond acceptors (Lipinski definition) is 3. The van der Waals surface area contributed by atoms with Crippen molar-refractivity contribution in [1.29, 1.82) is 0 Å². The first-order valence-electron chi connectivity index (χ1n) is 5.29. The Kier molecular flexibility index (Phi) is 1.98. The smallest absolute Gasteiger partial charge is 0.408 e. The average Bonchev–Trinajstić information content (AvgIpc) is 2.85. The lowest BCUT2D eigenvalue weighted by Crippen LogP contribution is -2.21. The summed E-state index contributed by atoms with van der Waals surface area (Å²) in [5.74, 6) is -0.384. The van der Waals surface area contributed by atoms with E-state index in [0.717, 1.165) is 11.1 Å². The Morgan fingerprint density at radius 2 is 2.24 bits per heavy atom. The molecule has 1 saturated heterocycles. The monoisotopic (exact) mass is 233 g/mol. The van der Waals surface area contributed by atoms with Crippen LogP contribution in [0.25, 0.3) is 11.1 Å². The molecule has 88 valence electrons. The fourth-order valence-corrected chi connectivity index (χ4v) is 2.02. The number of nitrogens with one attached hydrogen (secondary N) is 2. The summed E-state index contributed by atoms with van der Waals surface area (Å²) in [6.45, 7) is 0.552. The Hall–Kier alpha value is -2.24. The molecule has 1 unspecified atom stereocenters. The number of fused-ring (bicyclic) bond motifs is 1. The van der Waals surface area contributed by atoms with Crippen LogP contribution in [0.3, 0.4) is 0 Å². The summed E-state index contributed by atoms with van der Waals surface area (Å²) in [5, 5.41) is 5.49. The summed E-state index contributed by atoms with van der Waals surface area (Å²) in [5.41, 5.74) is 2.24. The Morgan fingerprint density at radius 1 is 1.41 bits per heavy atom. The lowest BCUT2D eigenvalue weighted by atomic mass is 10.1. The Bertz CT molecular complexity index is 656. The van der Waals surface area contributed by atoms with E-state index in [4.69, 9.17) is 4.42 Å². The van der Waals surface area contributed by atoms with Gasteiger partial charge in [-0.25, -0.2) is 9.59 Å². The molecule has 6 nitrogen and oxygen atoms in total. The molecule has 2 aromatic rings. The van der Waals surface area contributed by atoms with Gasteiger partial charge in [-0.15, -0.1) is 0 Å². The largest absolute Gasteiger partial charge is 0.419 e. The van der Waals surface area contributed by atoms with Crippen LogP contribution >= 0.6 is 0 Å². The second kappa shape index (κ2) is 3.38. The number of hydrogen-bond donors (Lipinski definition) is 2. The van der Waals surface area contributed by atoms with Gasteiger partial charge in [0.25, 0.3) is 0 Å². The first-order chi connectivity index (χ1) is 8.15. The number of carbonyl (C=O) groups is 1. The van der Waals surface area contributed by atoms with Gasteiger partial charge in [0.2, 0.25) is 0 Å². The van der Waals surface area contributed by atoms with Crippen molar-refractivity contribution >= 4 is 17.1 Å². The molecular formula is C11H11N3O3. The van der Waals surface area contributed by atoms with Crippen molar-refractivity contribution in [1.82, 2.24) is 15.2 Å². The number of aryl methyl sites for hydroxylation is 1. The third-order valence-electron chi connectivity index (χ3n) is 2.99. The molecule has 2 N–H and O–H groups in total. The number of rotatable bonds is 1. The van der Waals surface area contributed by atoms with Crippen molar-refractivity contribution in [3.05, 3.63) is 34.3 Å². The van der Waals surface area contributed by atoms with Crippen molar-refractivity contribution < 1.29 is 9.21 Å². The normalized spacial score (nSPS) is 19.4. The fraction of sp³-hybridized carbons (Fsp3) is 0.273. The number of urea groups is 1. The van der Waals surface area contributed by atoms with E-state index in [0.29, 0.717) is 12.1 Å². The molecule has 1 atom stereocenters. The second-order valence-corrected chi connectivity index (χ2v) is 4.06. The van der Waals surface area contributed by atoms with Crippen molar-refractivity contribution in [3.63, 3.8) is 0 Å². The molecule has 1 aliphatic rings. The van der Waals surface area contributed by atoms with Crippen molar-refractivity contribution in [2.24, 2.45) is 7.05 Å². The highest BCUT2D eigenvalue weighted by molar-refractivity contribution is 5.78. The summed E-state index contributed by atoms with van der Waals surface area (Å²) in [6.07, 6.45) is 0. The van der Waals surface area contributed by atoms with Crippen molar-refractivity contribution in [2.45, 2.75) is 6.04 Å². The van der Waals surface area contributed by atoms with Gasteiger partial charge >= 0.3 is 11.8 Å². The van der Waals surface area contributed by atoms with E-state index in [1.807, 2.05) is 12.1 Å². The highest BCUT2D eigenvalue weighted by atomic mass is 16.4. The number of benzene rings is 1. The highest BCUT2D eigenvalue weighted by Crippen LogP contribution is 2.20. The zero-order valence-corrected chi connectivity index (χ0v) is 9.19. The van der Waals surface area contributed by atoms with E-state index in [1.165, 1.54) is 4.57 Å². The molecule has 0 bridgehead atoms. The minimum absolute atomic E-state index is 0.0584. The van der Waals surface area contributed by atoms with E-state index < -0.39 is 0 Å². The summed E-state index contributed by atoms with van der Waals surface area (Å²) in [4.78, 5) is 22.4. The van der Waals surface area contributed by atoms with Gasteiger partial charge in [-0.1, -0.05) is 6.07 Å². The van der Waals surface area contributed by atoms with E-state index in [-0.39, 0.29) is 17.8 Å². The van der Waals surface area contributed by atoms with Gasteiger partial charge < -0.3 is 15.1 Å². The molecule has 17 heavy (non-hydrogen) atoms. The number of oxazole rings is 1. The number of aromatic nitrogens is 1. The summed E-state index contributed by atoms with van der Waals surface area (Å²) in [6, 6.07) is 5.23. The van der Waals surface area contributed by atoms with Crippen LogP contribution in [0.1, 0.15) is 11.6 Å². The quantitative estimate of drug-likeness (QED) is 0.752. The van der Waals surface area contributed by atoms with Gasteiger partial charge in [-0.2, -0.15) is 0 Å². The summed E-state index contributed by atoms with van der Waals surface area (Å²) >= 11 is 0. The molecule has 1 aromatic heterocycles. The zero-order valence-electron chi connectivity index (χ0n) is 9.19. The minimum atomic E-state index is -0.384. The number of nitrogens with zero attached hydrogens (tertiary/aromatic N) is 1. The van der Waals surface area contributed by atoms with E-state index in [9.17, 15) is 9.59 Å². The van der Waals surface area contributed by atoms with Gasteiger partial charge in [-0.05, 0) is 17.7 Å². The van der Waals surface area contributed by atoms with Crippen LogP contribution in [0.2, 0.25) is 0 Å². The van der Waals surface area contributed by atoms with E-state index >= 15 is 0 Å². The topological polar surface area (TPSA) is 76.3 Å². The molecular weight excluding hydrogens is 222 g/mol. The molecule has 0 saturated carbocycles. The molecule has 1 fully saturated rings. The van der Waals surface area contributed by atoms with Crippen LogP contribution < -0.4 is 16.4 Å². The van der Waals surface area contributed by atoms with E-state index in [1.54, 1.807) is 13.1 Å². The molecule has 0 spiro atoms. The van der Waals surface area contributed by atoms with E-state index in [2.05, 4.69) is 10.6 Å². The van der Waals surface area contributed by atoms with Crippen LogP contribution in [0.15, 0.2) is 27.4 Å². The predicted octanol–water partition coefficient (Wildman–Crippen LogP) is 0.485. The van der Waals surface area contributed by atoms with Crippen LogP contribution in [-0.4, -0.2) is 17.1 Å². The van der Waals surface area contributed by atoms with Crippen LogP contribution in [0.5, 0.6) is 0 Å². The lowest BCUT2D eigenvalue weighted by molar-refractivity contribution is 0.247. The third-order valence-corrected chi connectivity index (χ3v) is 2.99. The molecule has 6 heteroatoms. The zero-order chi connectivity index (χ0) is 12.0. The van der Waals surface area contributed by atoms with Crippen LogP contribution in [0.4, 0.5) is 4.79 Å². The number of carbonyl (C=O) groups excluding carboxylic acids is 1. The SMILES string of the molecule is Cn1c(=O)oc2ccc(C3CNC(=O)N3)cc21. The van der Waals surface area contributed by atoms with Gasteiger partial charge in [-0.3, -0.25) is 4.57 Å². The van der Waals surface area contributed by atoms with Gasteiger partial charge in [0, 0.05) is 13.6 Å². The van der Waals surface area contributed by atoms with Gasteiger partial charge in [0.05, 0.1) is 11.6 Å². The Balaban J connectivity index is 2.10. The van der Waals surface area contributed by atoms with Crippen molar-refractivity contribution in [3.8, 4) is 0 Å².